The van der Waals surface area contributed by atoms with Gasteiger partial charge in [-0.25, -0.2) is 4.79 Å². The summed E-state index contributed by atoms with van der Waals surface area (Å²) in [4.78, 5) is 26.2. The van der Waals surface area contributed by atoms with Gasteiger partial charge >= 0.3 is 11.9 Å². The molecule has 0 unspecified atom stereocenters. The van der Waals surface area contributed by atoms with Gasteiger partial charge in [0.15, 0.2) is 11.5 Å². The molecule has 1 aromatic carbocycles. The highest BCUT2D eigenvalue weighted by Crippen LogP contribution is 2.76. The minimum atomic E-state index is -1.11. The number of phenolic OH excluding ortho intramolecular Hbond substituents is 1. The Balaban J connectivity index is 1.29. The number of aliphatic hydroxyl groups excluding tert-OH is 1. The average molecular weight is 665 g/mol. The Morgan fingerprint density at radius 1 is 0.979 bits per heavy atom. The molecule has 4 saturated carbocycles. The summed E-state index contributed by atoms with van der Waals surface area (Å²) in [6.45, 7) is 15.2. The van der Waals surface area contributed by atoms with Gasteiger partial charge in [-0.2, -0.15) is 0 Å². The van der Waals surface area contributed by atoms with Gasteiger partial charge in [-0.05, 0) is 116 Å². The first-order valence-corrected chi connectivity index (χ1v) is 17.9. The zero-order valence-electron chi connectivity index (χ0n) is 30.0. The van der Waals surface area contributed by atoms with Crippen LogP contribution in [0.5, 0.6) is 11.5 Å². The molecule has 0 bridgehead atoms. The summed E-state index contributed by atoms with van der Waals surface area (Å²) in [5.74, 6) is -0.985. The van der Waals surface area contributed by atoms with Gasteiger partial charge in [0.1, 0.15) is 6.10 Å². The highest BCUT2D eigenvalue weighted by molar-refractivity contribution is 5.87. The molecule has 264 valence electrons. The predicted molar refractivity (Wildman–Crippen MR) is 183 cm³/mol. The van der Waals surface area contributed by atoms with Crippen LogP contribution in [0, 0.1) is 50.7 Å². The van der Waals surface area contributed by atoms with Gasteiger partial charge < -0.3 is 29.9 Å². The highest BCUT2D eigenvalue weighted by Gasteiger charge is 2.72. The van der Waals surface area contributed by atoms with E-state index in [0.29, 0.717) is 37.0 Å². The van der Waals surface area contributed by atoms with Crippen LogP contribution in [0.3, 0.4) is 0 Å². The topological polar surface area (TPSA) is 134 Å². The van der Waals surface area contributed by atoms with E-state index < -0.39 is 46.5 Å². The fraction of sp³-hybridized carbons (Fsp3) is 0.700. The smallest absolute Gasteiger partial charge is 0.331 e. The molecule has 1 aromatic rings. The van der Waals surface area contributed by atoms with Crippen molar-refractivity contribution in [3.05, 3.63) is 41.5 Å². The molecule has 11 atom stereocenters. The molecule has 8 heteroatoms. The van der Waals surface area contributed by atoms with Crippen LogP contribution in [-0.2, 0) is 14.3 Å². The van der Waals surface area contributed by atoms with Crippen LogP contribution >= 0.6 is 0 Å². The highest BCUT2D eigenvalue weighted by atomic mass is 16.6. The summed E-state index contributed by atoms with van der Waals surface area (Å²) in [5, 5.41) is 44.4. The number of fused-ring (bicyclic) bond motifs is 7. The van der Waals surface area contributed by atoms with E-state index in [4.69, 9.17) is 9.47 Å². The molecule has 0 spiro atoms. The van der Waals surface area contributed by atoms with E-state index in [1.807, 2.05) is 6.92 Å². The molecule has 0 heterocycles. The van der Waals surface area contributed by atoms with E-state index in [1.165, 1.54) is 19.3 Å². The number of phenols is 1. The first kappa shape index (κ1) is 35.0. The summed E-state index contributed by atoms with van der Waals surface area (Å²) < 4.78 is 11.2. The van der Waals surface area contributed by atoms with Crippen molar-refractivity contribution in [2.24, 2.45) is 50.7 Å². The Morgan fingerprint density at radius 3 is 2.35 bits per heavy atom. The molecule has 6 rings (SSSR count). The van der Waals surface area contributed by atoms with Crippen LogP contribution in [0.4, 0.5) is 0 Å². The predicted octanol–water partition coefficient (Wildman–Crippen LogP) is 7.15. The lowest BCUT2D eigenvalue weighted by molar-refractivity contribution is -0.242. The minimum absolute atomic E-state index is 0.00436. The maximum atomic E-state index is 13.2. The zero-order valence-corrected chi connectivity index (χ0v) is 30.0. The molecule has 4 N–H and O–H groups in total. The molecule has 48 heavy (non-hydrogen) atoms. The molecule has 5 aliphatic carbocycles. The van der Waals surface area contributed by atoms with E-state index >= 15 is 0 Å². The lowest BCUT2D eigenvalue weighted by atomic mass is 9.33. The number of methoxy groups -OCH3 is 1. The Morgan fingerprint density at radius 2 is 1.69 bits per heavy atom. The zero-order chi connectivity index (χ0) is 35.2. The monoisotopic (exact) mass is 664 g/mol. The summed E-state index contributed by atoms with van der Waals surface area (Å²) in [7, 11) is 1.47. The number of aliphatic carboxylic acids is 1. The van der Waals surface area contributed by atoms with Gasteiger partial charge in [-0.15, -0.1) is 0 Å². The number of esters is 1. The SMILES string of the molecule is COc1cc(/C=C\C(=O)O[C@H]2[C@H](O)C[C@]3(C)[C@H]4CC=C5[C@H]6[C@](C(=O)O)(CC[C@H](C)[C@@]6(C)O)CC[C@@]5(C)[C@]4(C)CC[C@H]3C2(C)C)ccc1O. The number of carbonyl (C=O) groups is 2. The third kappa shape index (κ3) is 4.74. The fourth-order valence-corrected chi connectivity index (χ4v) is 12.3. The van der Waals surface area contributed by atoms with Crippen molar-refractivity contribution in [2.45, 2.75) is 118 Å². The number of allylic oxidation sites excluding steroid dienone is 1. The second-order valence-electron chi connectivity index (χ2n) is 17.6. The molecule has 0 aromatic heterocycles. The summed E-state index contributed by atoms with van der Waals surface area (Å²) in [6, 6.07) is 4.82. The quantitative estimate of drug-likeness (QED) is 0.148. The van der Waals surface area contributed by atoms with Crippen molar-refractivity contribution in [2.75, 3.05) is 7.11 Å². The van der Waals surface area contributed by atoms with Crippen molar-refractivity contribution >= 4 is 18.0 Å². The number of benzene rings is 1. The summed E-state index contributed by atoms with van der Waals surface area (Å²) in [6.07, 6.45) is 9.52. The van der Waals surface area contributed by atoms with Crippen LogP contribution in [0.25, 0.3) is 6.08 Å². The lowest BCUT2D eigenvalue weighted by Gasteiger charge is -2.72. The van der Waals surface area contributed by atoms with E-state index in [9.17, 15) is 30.0 Å². The minimum Gasteiger partial charge on any atom is -0.504 e. The third-order valence-electron chi connectivity index (χ3n) is 15.2. The maximum Gasteiger partial charge on any atom is 0.331 e. The van der Waals surface area contributed by atoms with Crippen LogP contribution < -0.4 is 4.74 Å². The van der Waals surface area contributed by atoms with Crippen molar-refractivity contribution in [3.63, 3.8) is 0 Å². The molecule has 4 fully saturated rings. The van der Waals surface area contributed by atoms with Gasteiger partial charge in [0.05, 0.1) is 24.2 Å². The lowest BCUT2D eigenvalue weighted by Crippen LogP contribution is -2.69. The molecule has 0 saturated heterocycles. The number of rotatable bonds is 5. The van der Waals surface area contributed by atoms with E-state index in [2.05, 4.69) is 47.6 Å². The Labute approximate surface area is 285 Å². The molecule has 8 nitrogen and oxygen atoms in total. The molecule has 0 amide bonds. The van der Waals surface area contributed by atoms with Crippen LogP contribution in [0.15, 0.2) is 35.9 Å². The second kappa shape index (κ2) is 11.3. The number of hydrogen-bond donors (Lipinski definition) is 4. The summed E-state index contributed by atoms with van der Waals surface area (Å²) >= 11 is 0. The first-order valence-electron chi connectivity index (χ1n) is 17.9. The van der Waals surface area contributed by atoms with E-state index in [0.717, 1.165) is 31.3 Å². The van der Waals surface area contributed by atoms with Crippen LogP contribution in [0.2, 0.25) is 0 Å². The second-order valence-corrected chi connectivity index (χ2v) is 17.6. The number of carbonyl (C=O) groups excluding carboxylic acids is 1. The molecular weight excluding hydrogens is 608 g/mol. The first-order chi connectivity index (χ1) is 22.3. The van der Waals surface area contributed by atoms with E-state index in [-0.39, 0.29) is 39.7 Å². The largest absolute Gasteiger partial charge is 0.504 e. The number of carboxylic acid groups (broad SMARTS) is 1. The number of aromatic hydroxyl groups is 1. The van der Waals surface area contributed by atoms with Crippen molar-refractivity contribution < 1.29 is 39.5 Å². The Hall–Kier alpha value is -2.84. The Bertz CT molecular complexity index is 1540. The van der Waals surface area contributed by atoms with Crippen LogP contribution in [0.1, 0.15) is 105 Å². The molecule has 0 aliphatic heterocycles. The third-order valence-corrected chi connectivity index (χ3v) is 15.2. The standard InChI is InChI=1S/C40H56O8/c1-23-15-18-40(34(44)45)20-19-37(5)25(32(40)39(23,7)46)11-13-30-36(4)22-27(42)33(35(2,3)29(36)16-17-38(30,37)6)48-31(43)14-10-24-9-12-26(41)28(21-24)47-8/h9-12,14,21,23,27,29-30,32-33,41-42,46H,13,15-20,22H2,1-8H3,(H,44,45)/b14-10-/t23-,27+,29-,30+,32+,33-,36-,37+,38+,39+,40-/m0/s1. The van der Waals surface area contributed by atoms with E-state index in [1.54, 1.807) is 18.2 Å². The average Bonchev–Trinajstić information content (AvgIpc) is 3.00. The molecule has 5 aliphatic rings. The van der Waals surface area contributed by atoms with Crippen LogP contribution in [-0.4, -0.2) is 57.3 Å². The molecule has 0 radical (unpaired) electrons. The van der Waals surface area contributed by atoms with Gasteiger partial charge in [0.25, 0.3) is 0 Å². The summed E-state index contributed by atoms with van der Waals surface area (Å²) in [5.41, 5.74) is -1.43. The number of aliphatic hydroxyl groups is 2. The van der Waals surface area contributed by atoms with Crippen molar-refractivity contribution in [1.29, 1.82) is 0 Å². The van der Waals surface area contributed by atoms with Crippen molar-refractivity contribution in [3.8, 4) is 11.5 Å². The maximum absolute atomic E-state index is 13.2. The number of ether oxygens (including phenoxy) is 2. The molecular formula is C40H56O8. The van der Waals surface area contributed by atoms with Crippen molar-refractivity contribution in [1.82, 2.24) is 0 Å². The number of carboxylic acids is 1. The Kier molecular flexibility index (Phi) is 8.27. The van der Waals surface area contributed by atoms with Gasteiger partial charge in [0, 0.05) is 17.4 Å². The number of hydrogen-bond acceptors (Lipinski definition) is 7. The van der Waals surface area contributed by atoms with Gasteiger partial charge in [-0.1, -0.05) is 59.3 Å². The van der Waals surface area contributed by atoms with Gasteiger partial charge in [0.2, 0.25) is 0 Å². The normalized spacial score (nSPS) is 44.8. The van der Waals surface area contributed by atoms with Gasteiger partial charge in [-0.3, -0.25) is 4.79 Å². The fourth-order valence-electron chi connectivity index (χ4n) is 12.3.